The van der Waals surface area contributed by atoms with Crippen LogP contribution < -0.4 is 0 Å². The number of aromatic nitrogens is 2. The second-order valence-electron chi connectivity index (χ2n) is 5.82. The summed E-state index contributed by atoms with van der Waals surface area (Å²) in [6, 6.07) is 0. The van der Waals surface area contributed by atoms with E-state index in [4.69, 9.17) is 9.84 Å². The summed E-state index contributed by atoms with van der Waals surface area (Å²) in [5.74, 6) is -0.925. The number of hydrogen-bond acceptors (Lipinski definition) is 4. The first-order valence-corrected chi connectivity index (χ1v) is 6.49. The molecule has 20 heavy (non-hydrogen) atoms. The van der Waals surface area contributed by atoms with Crippen molar-refractivity contribution in [1.29, 1.82) is 0 Å². The molecule has 0 bridgehead atoms. The zero-order valence-electron chi connectivity index (χ0n) is 11.9. The zero-order valence-corrected chi connectivity index (χ0v) is 11.9. The summed E-state index contributed by atoms with van der Waals surface area (Å²) in [5, 5.41) is 12.9. The molecule has 0 spiro atoms. The molecule has 0 atom stereocenters. The molecule has 2 rings (SSSR count). The van der Waals surface area contributed by atoms with Crippen LogP contribution in [0.5, 0.6) is 0 Å². The SMILES string of the molecule is CC(C)(C)OC(=O)N1CCc2c(cnn2CC(=O)O)C1. The van der Waals surface area contributed by atoms with Crippen molar-refractivity contribution in [2.24, 2.45) is 0 Å². The van der Waals surface area contributed by atoms with Crippen molar-refractivity contribution < 1.29 is 19.4 Å². The fraction of sp³-hybridized carbons (Fsp3) is 0.615. The average molecular weight is 281 g/mol. The smallest absolute Gasteiger partial charge is 0.410 e. The van der Waals surface area contributed by atoms with Gasteiger partial charge < -0.3 is 14.7 Å². The molecule has 0 unspecified atom stereocenters. The summed E-state index contributed by atoms with van der Waals surface area (Å²) in [4.78, 5) is 24.3. The summed E-state index contributed by atoms with van der Waals surface area (Å²) >= 11 is 0. The van der Waals surface area contributed by atoms with Gasteiger partial charge >= 0.3 is 12.1 Å². The van der Waals surface area contributed by atoms with E-state index in [0.29, 0.717) is 19.5 Å². The molecule has 110 valence electrons. The molecule has 0 saturated heterocycles. The highest BCUT2D eigenvalue weighted by Crippen LogP contribution is 2.20. The van der Waals surface area contributed by atoms with Crippen LogP contribution in [0, 0.1) is 0 Å². The highest BCUT2D eigenvalue weighted by atomic mass is 16.6. The van der Waals surface area contributed by atoms with Gasteiger partial charge in [0.25, 0.3) is 0 Å². The number of nitrogens with zero attached hydrogens (tertiary/aromatic N) is 3. The van der Waals surface area contributed by atoms with Crippen LogP contribution in [0.25, 0.3) is 0 Å². The molecule has 7 heteroatoms. The third-order valence-corrected chi connectivity index (χ3v) is 2.95. The molecule has 1 amide bonds. The van der Waals surface area contributed by atoms with Gasteiger partial charge in [0.15, 0.2) is 0 Å². The molecule has 7 nitrogen and oxygen atoms in total. The van der Waals surface area contributed by atoms with Gasteiger partial charge in [-0.05, 0) is 20.8 Å². The molecule has 1 aliphatic rings. The first kappa shape index (κ1) is 14.4. The number of carboxylic acid groups (broad SMARTS) is 1. The molecule has 1 aromatic rings. The first-order chi connectivity index (χ1) is 9.26. The van der Waals surface area contributed by atoms with Crippen LogP contribution in [-0.2, 0) is 29.0 Å². The molecule has 0 aliphatic carbocycles. The maximum Gasteiger partial charge on any atom is 0.410 e. The molecule has 2 heterocycles. The Morgan fingerprint density at radius 1 is 1.45 bits per heavy atom. The standard InChI is InChI=1S/C13H19N3O4/c1-13(2,3)20-12(19)15-5-4-10-9(7-15)6-14-16(10)8-11(17)18/h6H,4-5,7-8H2,1-3H3,(H,17,18). The van der Waals surface area contributed by atoms with E-state index in [1.807, 2.05) is 20.8 Å². The number of hydrogen-bond donors (Lipinski definition) is 1. The van der Waals surface area contributed by atoms with Crippen molar-refractivity contribution in [2.75, 3.05) is 6.54 Å². The number of fused-ring (bicyclic) bond motifs is 1. The second-order valence-corrected chi connectivity index (χ2v) is 5.82. The highest BCUT2D eigenvalue weighted by molar-refractivity contribution is 5.69. The highest BCUT2D eigenvalue weighted by Gasteiger charge is 2.27. The van der Waals surface area contributed by atoms with Gasteiger partial charge in [-0.3, -0.25) is 9.48 Å². The lowest BCUT2D eigenvalue weighted by molar-refractivity contribution is -0.137. The van der Waals surface area contributed by atoms with Gasteiger partial charge in [-0.1, -0.05) is 0 Å². The fourth-order valence-electron chi connectivity index (χ4n) is 2.14. The monoisotopic (exact) mass is 281 g/mol. The number of carboxylic acids is 1. The predicted octanol–water partition coefficient (Wildman–Crippen LogP) is 1.26. The lowest BCUT2D eigenvalue weighted by Gasteiger charge is -2.30. The van der Waals surface area contributed by atoms with E-state index < -0.39 is 11.6 Å². The maximum absolute atomic E-state index is 12.0. The topological polar surface area (TPSA) is 84.7 Å². The van der Waals surface area contributed by atoms with E-state index in [1.54, 1.807) is 11.1 Å². The van der Waals surface area contributed by atoms with Gasteiger partial charge in [0, 0.05) is 24.2 Å². The Morgan fingerprint density at radius 3 is 2.75 bits per heavy atom. The third kappa shape index (κ3) is 3.28. The minimum atomic E-state index is -0.925. The first-order valence-electron chi connectivity index (χ1n) is 6.49. The molecule has 1 aromatic heterocycles. The molecule has 1 aliphatic heterocycles. The van der Waals surface area contributed by atoms with Crippen molar-refractivity contribution in [3.05, 3.63) is 17.5 Å². The molecular weight excluding hydrogens is 262 g/mol. The van der Waals surface area contributed by atoms with Gasteiger partial charge in [-0.2, -0.15) is 5.10 Å². The number of rotatable bonds is 2. The lowest BCUT2D eigenvalue weighted by atomic mass is 10.1. The summed E-state index contributed by atoms with van der Waals surface area (Å²) in [6.45, 7) is 6.24. The predicted molar refractivity (Wildman–Crippen MR) is 70.2 cm³/mol. The van der Waals surface area contributed by atoms with E-state index >= 15 is 0 Å². The summed E-state index contributed by atoms with van der Waals surface area (Å²) < 4.78 is 6.81. The maximum atomic E-state index is 12.0. The van der Waals surface area contributed by atoms with Crippen LogP contribution in [-0.4, -0.2) is 44.0 Å². The largest absolute Gasteiger partial charge is 0.480 e. The van der Waals surface area contributed by atoms with Crippen molar-refractivity contribution in [3.8, 4) is 0 Å². The van der Waals surface area contributed by atoms with Crippen LogP contribution in [0.4, 0.5) is 4.79 Å². The van der Waals surface area contributed by atoms with Gasteiger partial charge in [-0.15, -0.1) is 0 Å². The van der Waals surface area contributed by atoms with Gasteiger partial charge in [-0.25, -0.2) is 4.79 Å². The number of carbonyl (C=O) groups excluding carboxylic acids is 1. The van der Waals surface area contributed by atoms with E-state index in [0.717, 1.165) is 11.3 Å². The van der Waals surface area contributed by atoms with E-state index in [2.05, 4.69) is 5.10 Å². The second kappa shape index (κ2) is 5.15. The molecule has 0 saturated carbocycles. The van der Waals surface area contributed by atoms with Crippen molar-refractivity contribution in [3.63, 3.8) is 0 Å². The number of amides is 1. The fourth-order valence-corrected chi connectivity index (χ4v) is 2.14. The minimum absolute atomic E-state index is 0.151. The Kier molecular flexibility index (Phi) is 3.69. The van der Waals surface area contributed by atoms with Crippen molar-refractivity contribution >= 4 is 12.1 Å². The normalized spacial score (nSPS) is 14.8. The van der Waals surface area contributed by atoms with Gasteiger partial charge in [0.2, 0.25) is 0 Å². The Hall–Kier alpha value is -2.05. The molecule has 0 radical (unpaired) electrons. The Balaban J connectivity index is 2.07. The summed E-state index contributed by atoms with van der Waals surface area (Å²) in [6.07, 6.45) is 1.85. The molecule has 1 N–H and O–H groups in total. The molecule has 0 fully saturated rings. The van der Waals surface area contributed by atoms with Gasteiger partial charge in [0.05, 0.1) is 12.7 Å². The van der Waals surface area contributed by atoms with Gasteiger partial charge in [0.1, 0.15) is 12.1 Å². The average Bonchev–Trinajstić information content (AvgIpc) is 2.69. The lowest BCUT2D eigenvalue weighted by Crippen LogP contribution is -2.40. The number of ether oxygens (including phenoxy) is 1. The Labute approximate surface area is 117 Å². The third-order valence-electron chi connectivity index (χ3n) is 2.95. The Morgan fingerprint density at radius 2 is 2.15 bits per heavy atom. The van der Waals surface area contributed by atoms with Crippen LogP contribution in [0.15, 0.2) is 6.20 Å². The summed E-state index contributed by atoms with van der Waals surface area (Å²) in [7, 11) is 0. The van der Waals surface area contributed by atoms with Crippen molar-refractivity contribution in [1.82, 2.24) is 14.7 Å². The van der Waals surface area contributed by atoms with Crippen LogP contribution in [0.3, 0.4) is 0 Å². The van der Waals surface area contributed by atoms with Crippen LogP contribution >= 0.6 is 0 Å². The number of aliphatic carboxylic acids is 1. The number of carbonyl (C=O) groups is 2. The molecule has 0 aromatic carbocycles. The quantitative estimate of drug-likeness (QED) is 0.882. The van der Waals surface area contributed by atoms with Crippen LogP contribution in [0.1, 0.15) is 32.0 Å². The molecular formula is C13H19N3O4. The van der Waals surface area contributed by atoms with E-state index in [-0.39, 0.29) is 12.6 Å². The van der Waals surface area contributed by atoms with E-state index in [9.17, 15) is 9.59 Å². The van der Waals surface area contributed by atoms with Crippen molar-refractivity contribution in [2.45, 2.75) is 45.9 Å². The summed E-state index contributed by atoms with van der Waals surface area (Å²) in [5.41, 5.74) is 1.24. The Bertz CT molecular complexity index is 530. The minimum Gasteiger partial charge on any atom is -0.480 e. The van der Waals surface area contributed by atoms with E-state index in [1.165, 1.54) is 4.68 Å². The zero-order chi connectivity index (χ0) is 14.9. The van der Waals surface area contributed by atoms with Crippen LogP contribution in [0.2, 0.25) is 0 Å².